The van der Waals surface area contributed by atoms with Crippen molar-refractivity contribution in [1.29, 1.82) is 0 Å². The van der Waals surface area contributed by atoms with Gasteiger partial charge in [0.25, 0.3) is 0 Å². The van der Waals surface area contributed by atoms with Gasteiger partial charge in [-0.25, -0.2) is 0 Å². The minimum Gasteiger partial charge on any atom is -0.455 e. The van der Waals surface area contributed by atoms with E-state index in [1.54, 1.807) is 12.1 Å². The molecule has 0 atom stereocenters. The number of furan rings is 1. The first-order chi connectivity index (χ1) is 26.9. The number of halogens is 3. The summed E-state index contributed by atoms with van der Waals surface area (Å²) in [5.41, 5.74) is 14.2. The first kappa shape index (κ1) is 31.7. The van der Waals surface area contributed by atoms with E-state index in [0.29, 0.717) is 5.69 Å². The predicted octanol–water partition coefficient (Wildman–Crippen LogP) is 14.1. The smallest absolute Gasteiger partial charge is 0.416 e. The molecule has 262 valence electrons. The highest BCUT2D eigenvalue weighted by Crippen LogP contribution is 2.63. The minimum absolute atomic E-state index is 0.559. The molecule has 2 aliphatic rings. The van der Waals surface area contributed by atoms with Gasteiger partial charge in [0.15, 0.2) is 0 Å². The van der Waals surface area contributed by atoms with Gasteiger partial charge in [0, 0.05) is 33.4 Å². The van der Waals surface area contributed by atoms with Crippen molar-refractivity contribution in [2.75, 3.05) is 4.90 Å². The summed E-state index contributed by atoms with van der Waals surface area (Å²) in [6, 6.07) is 60.3. The Morgan fingerprint density at radius 2 is 0.909 bits per heavy atom. The van der Waals surface area contributed by atoms with Crippen LogP contribution in [0.15, 0.2) is 186 Å². The summed E-state index contributed by atoms with van der Waals surface area (Å²) in [6.45, 7) is 0. The molecule has 9 aromatic rings. The summed E-state index contributed by atoms with van der Waals surface area (Å²) in [5, 5.41) is 2.11. The fraction of sp³-hybridized carbons (Fsp3) is 0.0400. The van der Waals surface area contributed by atoms with Crippen LogP contribution < -0.4 is 4.90 Å². The maximum absolute atomic E-state index is 13.8. The lowest BCUT2D eigenvalue weighted by Gasteiger charge is -2.32. The molecule has 0 radical (unpaired) electrons. The van der Waals surface area contributed by atoms with Crippen LogP contribution in [0, 0.1) is 0 Å². The molecule has 5 heteroatoms. The summed E-state index contributed by atoms with van der Waals surface area (Å²) in [5.74, 6) is 0. The highest BCUT2D eigenvalue weighted by atomic mass is 19.4. The van der Waals surface area contributed by atoms with Crippen LogP contribution >= 0.6 is 0 Å². The van der Waals surface area contributed by atoms with Crippen LogP contribution in [0.1, 0.15) is 27.8 Å². The summed E-state index contributed by atoms with van der Waals surface area (Å²) < 4.78 is 47.8. The summed E-state index contributed by atoms with van der Waals surface area (Å²) in [6.07, 6.45) is -4.45. The molecule has 2 nitrogen and oxygen atoms in total. The quantitative estimate of drug-likeness (QED) is 0.180. The topological polar surface area (TPSA) is 16.4 Å². The monoisotopic (exact) mass is 717 g/mol. The van der Waals surface area contributed by atoms with Gasteiger partial charge < -0.3 is 9.32 Å². The molecule has 55 heavy (non-hydrogen) atoms. The van der Waals surface area contributed by atoms with Gasteiger partial charge in [-0.15, -0.1) is 0 Å². The molecule has 0 amide bonds. The van der Waals surface area contributed by atoms with Crippen molar-refractivity contribution in [2.45, 2.75) is 11.6 Å². The number of alkyl halides is 3. The normalized spacial score (nSPS) is 13.5. The van der Waals surface area contributed by atoms with Gasteiger partial charge in [0.1, 0.15) is 11.2 Å². The zero-order valence-corrected chi connectivity index (χ0v) is 29.3. The van der Waals surface area contributed by atoms with Gasteiger partial charge in [0.05, 0.1) is 11.0 Å². The van der Waals surface area contributed by atoms with Crippen molar-refractivity contribution in [1.82, 2.24) is 0 Å². The second-order valence-corrected chi connectivity index (χ2v) is 14.3. The molecule has 0 aliphatic heterocycles. The summed E-state index contributed by atoms with van der Waals surface area (Å²) in [7, 11) is 0. The SMILES string of the molecule is FC(F)(F)c1ccc(N(c2ccc(-c3cccc4c3oc3ccccc34)cc2)c2ccc3c(c2)C2(c4ccccc4-c4ccccc42)c2ccccc2-3)cc1. The number of benzene rings is 8. The first-order valence-electron chi connectivity index (χ1n) is 18.3. The van der Waals surface area contributed by atoms with Gasteiger partial charge in [-0.1, -0.05) is 127 Å². The molecule has 2 aliphatic carbocycles. The molecule has 1 heterocycles. The molecule has 0 bridgehead atoms. The number of anilines is 3. The third-order valence-corrected chi connectivity index (χ3v) is 11.5. The Morgan fingerprint density at radius 1 is 0.418 bits per heavy atom. The Balaban J connectivity index is 1.11. The maximum Gasteiger partial charge on any atom is 0.416 e. The zero-order chi connectivity index (χ0) is 36.9. The average Bonchev–Trinajstić information content (AvgIpc) is 3.85. The number of fused-ring (bicyclic) bond motifs is 13. The van der Waals surface area contributed by atoms with E-state index in [1.807, 2.05) is 36.4 Å². The summed E-state index contributed by atoms with van der Waals surface area (Å²) >= 11 is 0. The largest absolute Gasteiger partial charge is 0.455 e. The Labute approximate surface area is 315 Å². The van der Waals surface area contributed by atoms with E-state index in [9.17, 15) is 13.2 Å². The molecule has 1 aromatic heterocycles. The second-order valence-electron chi connectivity index (χ2n) is 14.3. The third-order valence-electron chi connectivity index (χ3n) is 11.5. The molecular weight excluding hydrogens is 688 g/mol. The van der Waals surface area contributed by atoms with Crippen molar-refractivity contribution >= 4 is 39.0 Å². The van der Waals surface area contributed by atoms with E-state index in [2.05, 4.69) is 126 Å². The van der Waals surface area contributed by atoms with Crippen molar-refractivity contribution in [3.63, 3.8) is 0 Å². The molecule has 0 saturated carbocycles. The van der Waals surface area contributed by atoms with E-state index in [-0.39, 0.29) is 0 Å². The zero-order valence-electron chi connectivity index (χ0n) is 29.3. The van der Waals surface area contributed by atoms with Crippen molar-refractivity contribution in [3.8, 4) is 33.4 Å². The van der Waals surface area contributed by atoms with E-state index < -0.39 is 17.2 Å². The number of nitrogens with zero attached hydrogens (tertiary/aromatic N) is 1. The molecule has 0 N–H and O–H groups in total. The van der Waals surface area contributed by atoms with E-state index >= 15 is 0 Å². The third kappa shape index (κ3) is 4.50. The van der Waals surface area contributed by atoms with Gasteiger partial charge in [-0.2, -0.15) is 13.2 Å². The average molecular weight is 718 g/mol. The molecule has 0 saturated heterocycles. The number of hydrogen-bond acceptors (Lipinski definition) is 2. The highest BCUT2D eigenvalue weighted by Gasteiger charge is 2.51. The molecule has 1 spiro atoms. The van der Waals surface area contributed by atoms with E-state index in [4.69, 9.17) is 4.42 Å². The molecule has 0 unspecified atom stereocenters. The first-order valence-corrected chi connectivity index (χ1v) is 18.3. The van der Waals surface area contributed by atoms with Gasteiger partial charge >= 0.3 is 6.18 Å². The highest BCUT2D eigenvalue weighted by molar-refractivity contribution is 6.09. The Hall–Kier alpha value is -6.85. The fourth-order valence-electron chi connectivity index (χ4n) is 9.23. The lowest BCUT2D eigenvalue weighted by atomic mass is 9.70. The van der Waals surface area contributed by atoms with Crippen molar-refractivity contribution in [3.05, 3.63) is 210 Å². The predicted molar refractivity (Wildman–Crippen MR) is 215 cm³/mol. The summed E-state index contributed by atoms with van der Waals surface area (Å²) in [4.78, 5) is 2.05. The molecular formula is C50H30F3NO. The van der Waals surface area contributed by atoms with Crippen molar-refractivity contribution in [2.24, 2.45) is 0 Å². The van der Waals surface area contributed by atoms with Gasteiger partial charge in [0.2, 0.25) is 0 Å². The van der Waals surface area contributed by atoms with Crippen LogP contribution in [0.2, 0.25) is 0 Å². The van der Waals surface area contributed by atoms with Crippen molar-refractivity contribution < 1.29 is 17.6 Å². The van der Waals surface area contributed by atoms with Crippen LogP contribution in [0.4, 0.5) is 30.2 Å². The maximum atomic E-state index is 13.8. The molecule has 0 fully saturated rings. The van der Waals surface area contributed by atoms with Gasteiger partial charge in [-0.3, -0.25) is 0 Å². The standard InChI is InChI=1S/C50H30F3NO/c51-50(52,53)32-22-26-34(27-23-32)54(33-24-20-31(21-25-33)36-14-9-15-42-41-13-4-8-19-47(41)55-48(36)42)35-28-29-40-39-12-3-7-18-45(39)49(46(40)30-35)43-16-5-1-10-37(43)38-11-2-6-17-44(38)49/h1-30H. The van der Waals surface area contributed by atoms with Crippen LogP contribution in [0.5, 0.6) is 0 Å². The lowest BCUT2D eigenvalue weighted by Crippen LogP contribution is -2.26. The van der Waals surface area contributed by atoms with E-state index in [0.717, 1.165) is 67.7 Å². The van der Waals surface area contributed by atoms with E-state index in [1.165, 1.54) is 33.4 Å². The van der Waals surface area contributed by atoms with Crippen LogP contribution in [-0.4, -0.2) is 0 Å². The fourth-order valence-corrected chi connectivity index (χ4v) is 9.23. The van der Waals surface area contributed by atoms with Crippen LogP contribution in [0.3, 0.4) is 0 Å². The Morgan fingerprint density at radius 3 is 1.53 bits per heavy atom. The van der Waals surface area contributed by atoms with Gasteiger partial charge in [-0.05, 0) is 105 Å². The molecule has 11 rings (SSSR count). The lowest BCUT2D eigenvalue weighted by molar-refractivity contribution is -0.137. The Kier molecular flexibility index (Phi) is 6.66. The number of hydrogen-bond donors (Lipinski definition) is 0. The number of rotatable bonds is 4. The molecule has 8 aromatic carbocycles. The minimum atomic E-state index is -4.45. The Bertz CT molecular complexity index is 2910. The van der Waals surface area contributed by atoms with Crippen LogP contribution in [0.25, 0.3) is 55.3 Å². The second kappa shape index (κ2) is 11.6. The number of para-hydroxylation sites is 2. The van der Waals surface area contributed by atoms with Crippen LogP contribution in [-0.2, 0) is 11.6 Å².